The lowest BCUT2D eigenvalue weighted by molar-refractivity contribution is -0.118. The Morgan fingerprint density at radius 1 is 1.06 bits per heavy atom. The second-order valence-electron chi connectivity index (χ2n) is 9.02. The molecule has 2 N–H and O–H groups in total. The number of hydrogen-bond acceptors (Lipinski definition) is 2. The van der Waals surface area contributed by atoms with Gasteiger partial charge in [0.2, 0.25) is 5.91 Å². The molecule has 0 saturated heterocycles. The molecule has 0 bridgehead atoms. The van der Waals surface area contributed by atoms with Crippen molar-refractivity contribution < 1.29 is 23.5 Å². The van der Waals surface area contributed by atoms with Crippen LogP contribution in [0.5, 0.6) is 0 Å². The molecular weight excluding hydrogens is 472 g/mol. The molecule has 0 spiro atoms. The van der Waals surface area contributed by atoms with Crippen molar-refractivity contribution in [3.8, 4) is 11.1 Å². The van der Waals surface area contributed by atoms with Crippen LogP contribution in [-0.4, -0.2) is 17.0 Å². The van der Waals surface area contributed by atoms with Crippen molar-refractivity contribution >= 4 is 29.2 Å². The van der Waals surface area contributed by atoms with E-state index in [4.69, 9.17) is 16.7 Å². The van der Waals surface area contributed by atoms with Crippen molar-refractivity contribution in [2.24, 2.45) is 5.92 Å². The number of benzene rings is 3. The highest BCUT2D eigenvalue weighted by Crippen LogP contribution is 2.39. The van der Waals surface area contributed by atoms with Crippen LogP contribution in [0, 0.1) is 11.7 Å². The minimum absolute atomic E-state index is 0.0790. The van der Waals surface area contributed by atoms with Gasteiger partial charge in [-0.25, -0.2) is 13.6 Å². The van der Waals surface area contributed by atoms with Gasteiger partial charge >= 0.3 is 5.97 Å². The van der Waals surface area contributed by atoms with Crippen LogP contribution in [0.1, 0.15) is 66.2 Å². The molecule has 1 fully saturated rings. The van der Waals surface area contributed by atoms with Crippen molar-refractivity contribution in [3.05, 3.63) is 88.2 Å². The van der Waals surface area contributed by atoms with Crippen molar-refractivity contribution in [2.45, 2.75) is 44.7 Å². The van der Waals surface area contributed by atoms with Gasteiger partial charge < -0.3 is 10.4 Å². The molecule has 0 radical (unpaired) electrons. The second-order valence-corrected chi connectivity index (χ2v) is 9.43. The zero-order valence-electron chi connectivity index (χ0n) is 19.2. The number of hydrogen-bond donors (Lipinski definition) is 2. The van der Waals surface area contributed by atoms with Gasteiger partial charge in [-0.2, -0.15) is 0 Å². The zero-order chi connectivity index (χ0) is 25.1. The van der Waals surface area contributed by atoms with Crippen molar-refractivity contribution in [3.63, 3.8) is 0 Å². The Hall–Kier alpha value is -3.25. The highest BCUT2D eigenvalue weighted by atomic mass is 35.5. The normalized spacial score (nSPS) is 15.2. The zero-order valence-corrected chi connectivity index (χ0v) is 20.0. The molecule has 3 aromatic carbocycles. The maximum Gasteiger partial charge on any atom is 0.335 e. The van der Waals surface area contributed by atoms with E-state index in [1.807, 2.05) is 0 Å². The lowest BCUT2D eigenvalue weighted by Crippen LogP contribution is -2.25. The standard InChI is InChI=1S/C28H26ClF2NO3/c1-16(30)22-13-14-24(29)26(31)25(22)19-7-5-18(6-8-19)23(15-17-3-2-4-17)27(33)32-21-11-9-20(10-12-21)28(34)35/h5-14,16-17,23H,2-4,15H2,1H3,(H,32,33)(H,34,35). The molecule has 1 aliphatic rings. The maximum atomic E-state index is 14.8. The molecule has 4 nitrogen and oxygen atoms in total. The summed E-state index contributed by atoms with van der Waals surface area (Å²) in [5, 5.41) is 11.9. The average molecular weight is 498 g/mol. The van der Waals surface area contributed by atoms with Crippen LogP contribution in [0.3, 0.4) is 0 Å². The monoisotopic (exact) mass is 497 g/mol. The summed E-state index contributed by atoms with van der Waals surface area (Å²) in [7, 11) is 0. The fourth-order valence-electron chi connectivity index (χ4n) is 4.45. The van der Waals surface area contributed by atoms with E-state index in [1.165, 1.54) is 31.2 Å². The molecule has 2 atom stereocenters. The third-order valence-corrected chi connectivity index (χ3v) is 6.96. The van der Waals surface area contributed by atoms with E-state index in [2.05, 4.69) is 5.32 Å². The third-order valence-electron chi connectivity index (χ3n) is 6.67. The molecule has 1 saturated carbocycles. The Kier molecular flexibility index (Phi) is 7.51. The third kappa shape index (κ3) is 5.54. The Bertz CT molecular complexity index is 1220. The first kappa shape index (κ1) is 24.9. The van der Waals surface area contributed by atoms with Gasteiger partial charge in [-0.1, -0.05) is 61.2 Å². The number of carboxylic acids is 1. The first-order valence-corrected chi connectivity index (χ1v) is 12.0. The lowest BCUT2D eigenvalue weighted by Gasteiger charge is -2.29. The first-order chi connectivity index (χ1) is 16.7. The van der Waals surface area contributed by atoms with E-state index in [0.717, 1.165) is 24.8 Å². The number of aromatic carboxylic acids is 1. The number of amides is 1. The lowest BCUT2D eigenvalue weighted by atomic mass is 9.76. The number of halogens is 3. The van der Waals surface area contributed by atoms with Crippen LogP contribution in [0.25, 0.3) is 11.1 Å². The molecule has 0 heterocycles. The molecule has 182 valence electrons. The van der Waals surface area contributed by atoms with Gasteiger partial charge in [-0.3, -0.25) is 4.79 Å². The molecule has 0 aromatic heterocycles. The van der Waals surface area contributed by atoms with E-state index in [9.17, 15) is 18.4 Å². The van der Waals surface area contributed by atoms with Crippen LogP contribution < -0.4 is 5.32 Å². The van der Waals surface area contributed by atoms with E-state index < -0.39 is 23.9 Å². The van der Waals surface area contributed by atoms with Crippen LogP contribution in [0.2, 0.25) is 5.02 Å². The van der Waals surface area contributed by atoms with Crippen molar-refractivity contribution in [1.82, 2.24) is 0 Å². The summed E-state index contributed by atoms with van der Waals surface area (Å²) in [5.74, 6) is -1.89. The Balaban J connectivity index is 1.61. The Morgan fingerprint density at radius 3 is 2.26 bits per heavy atom. The molecule has 0 aliphatic heterocycles. The number of anilines is 1. The molecular formula is C28H26ClF2NO3. The molecule has 1 aliphatic carbocycles. The second kappa shape index (κ2) is 10.6. The van der Waals surface area contributed by atoms with Crippen molar-refractivity contribution in [1.29, 1.82) is 0 Å². The van der Waals surface area contributed by atoms with Crippen LogP contribution in [0.4, 0.5) is 14.5 Å². The predicted molar refractivity (Wildman–Crippen MR) is 133 cm³/mol. The minimum atomic E-state index is -1.37. The van der Waals surface area contributed by atoms with E-state index in [1.54, 1.807) is 36.4 Å². The summed E-state index contributed by atoms with van der Waals surface area (Å²) in [6, 6.07) is 15.8. The minimum Gasteiger partial charge on any atom is -0.478 e. The van der Waals surface area contributed by atoms with Gasteiger partial charge in [-0.15, -0.1) is 0 Å². The number of carboxylic acid groups (broad SMARTS) is 1. The molecule has 2 unspecified atom stereocenters. The summed E-state index contributed by atoms with van der Waals surface area (Å²) < 4.78 is 29.0. The highest BCUT2D eigenvalue weighted by Gasteiger charge is 2.28. The highest BCUT2D eigenvalue weighted by molar-refractivity contribution is 6.31. The van der Waals surface area contributed by atoms with Gasteiger partial charge in [-0.05, 0) is 66.3 Å². The Labute approximate surface area is 207 Å². The molecule has 35 heavy (non-hydrogen) atoms. The number of carbonyl (C=O) groups excluding carboxylic acids is 1. The molecule has 3 aromatic rings. The molecule has 7 heteroatoms. The van der Waals surface area contributed by atoms with Gasteiger partial charge in [0.25, 0.3) is 0 Å². The van der Waals surface area contributed by atoms with Crippen LogP contribution in [-0.2, 0) is 4.79 Å². The number of alkyl halides is 1. The van der Waals surface area contributed by atoms with E-state index in [0.29, 0.717) is 23.6 Å². The van der Waals surface area contributed by atoms with Crippen LogP contribution in [0.15, 0.2) is 60.7 Å². The summed E-state index contributed by atoms with van der Waals surface area (Å²) in [6.45, 7) is 1.35. The number of carbonyl (C=O) groups is 2. The first-order valence-electron chi connectivity index (χ1n) is 11.6. The topological polar surface area (TPSA) is 66.4 Å². The van der Waals surface area contributed by atoms with E-state index in [-0.39, 0.29) is 27.6 Å². The molecule has 1 amide bonds. The summed E-state index contributed by atoms with van der Waals surface area (Å²) in [6.07, 6.45) is 2.59. The van der Waals surface area contributed by atoms with Gasteiger partial charge in [0.1, 0.15) is 12.0 Å². The van der Waals surface area contributed by atoms with Crippen molar-refractivity contribution in [2.75, 3.05) is 5.32 Å². The Morgan fingerprint density at radius 2 is 1.71 bits per heavy atom. The van der Waals surface area contributed by atoms with Gasteiger partial charge in [0, 0.05) is 11.3 Å². The quantitative estimate of drug-likeness (QED) is 0.334. The SMILES string of the molecule is CC(F)c1ccc(Cl)c(F)c1-c1ccc(C(CC2CCC2)C(=O)Nc2ccc(C(=O)O)cc2)cc1. The average Bonchev–Trinajstić information content (AvgIpc) is 2.80. The summed E-state index contributed by atoms with van der Waals surface area (Å²) in [5.41, 5.74) is 2.25. The maximum absolute atomic E-state index is 14.8. The van der Waals surface area contributed by atoms with Gasteiger partial charge in [0.05, 0.1) is 16.5 Å². The largest absolute Gasteiger partial charge is 0.478 e. The number of rotatable bonds is 8. The summed E-state index contributed by atoms with van der Waals surface area (Å²) >= 11 is 5.96. The fourth-order valence-corrected chi connectivity index (χ4v) is 4.61. The fraction of sp³-hybridized carbons (Fsp3) is 0.286. The van der Waals surface area contributed by atoms with Gasteiger partial charge in [0.15, 0.2) is 0 Å². The van der Waals surface area contributed by atoms with Crippen LogP contribution >= 0.6 is 11.6 Å². The summed E-state index contributed by atoms with van der Waals surface area (Å²) in [4.78, 5) is 24.3. The number of nitrogens with one attached hydrogen (secondary N) is 1. The smallest absolute Gasteiger partial charge is 0.335 e. The predicted octanol–water partition coefficient (Wildman–Crippen LogP) is 7.79. The van der Waals surface area contributed by atoms with E-state index >= 15 is 0 Å². The molecule has 4 rings (SSSR count).